The Hall–Kier alpha value is -1.03. The Morgan fingerprint density at radius 1 is 1.36 bits per heavy atom. The highest BCUT2D eigenvalue weighted by Gasteiger charge is 2.10. The summed E-state index contributed by atoms with van der Waals surface area (Å²) in [7, 11) is 0. The fourth-order valence-corrected chi connectivity index (χ4v) is 1.18. The molecule has 0 unspecified atom stereocenters. The van der Waals surface area contributed by atoms with Gasteiger partial charge in [-0.25, -0.2) is 8.78 Å². The van der Waals surface area contributed by atoms with Crippen LogP contribution in [0.2, 0.25) is 0 Å². The van der Waals surface area contributed by atoms with E-state index in [-0.39, 0.29) is 11.8 Å². The lowest BCUT2D eigenvalue weighted by Crippen LogP contribution is -1.95. The van der Waals surface area contributed by atoms with Crippen LogP contribution in [0, 0.1) is 11.6 Å². The van der Waals surface area contributed by atoms with Gasteiger partial charge in [-0.05, 0) is 12.1 Å². The van der Waals surface area contributed by atoms with Crippen LogP contribution in [-0.2, 0) is 0 Å². The predicted octanol–water partition coefficient (Wildman–Crippen LogP) is 3.19. The standard InChI is InChI=1S/C10H7BrF2O/c11-5-1-2-7-3-4-9(12)8(6-14)10(7)13/h1-4,6H,5H2. The van der Waals surface area contributed by atoms with Gasteiger partial charge < -0.3 is 0 Å². The molecular weight excluding hydrogens is 254 g/mol. The molecule has 0 spiro atoms. The van der Waals surface area contributed by atoms with E-state index in [0.29, 0.717) is 5.33 Å². The van der Waals surface area contributed by atoms with Crippen molar-refractivity contribution in [3.63, 3.8) is 0 Å². The van der Waals surface area contributed by atoms with E-state index in [9.17, 15) is 13.6 Å². The highest BCUT2D eigenvalue weighted by molar-refractivity contribution is 9.09. The van der Waals surface area contributed by atoms with Crippen LogP contribution in [0.4, 0.5) is 8.78 Å². The topological polar surface area (TPSA) is 17.1 Å². The zero-order chi connectivity index (χ0) is 10.6. The molecule has 0 aliphatic carbocycles. The third kappa shape index (κ3) is 2.26. The van der Waals surface area contributed by atoms with E-state index >= 15 is 0 Å². The van der Waals surface area contributed by atoms with Crippen LogP contribution in [-0.4, -0.2) is 11.6 Å². The van der Waals surface area contributed by atoms with Crippen LogP contribution < -0.4 is 0 Å². The van der Waals surface area contributed by atoms with Crippen LogP contribution in [0.3, 0.4) is 0 Å². The molecule has 0 aromatic heterocycles. The maximum absolute atomic E-state index is 13.3. The van der Waals surface area contributed by atoms with Gasteiger partial charge in [0, 0.05) is 10.9 Å². The number of hydrogen-bond acceptors (Lipinski definition) is 1. The maximum Gasteiger partial charge on any atom is 0.155 e. The van der Waals surface area contributed by atoms with Gasteiger partial charge in [-0.15, -0.1) is 0 Å². The predicted molar refractivity (Wildman–Crippen MR) is 54.6 cm³/mol. The minimum Gasteiger partial charge on any atom is -0.298 e. The van der Waals surface area contributed by atoms with Crippen molar-refractivity contribution in [1.29, 1.82) is 0 Å². The Bertz CT molecular complexity index is 375. The Balaban J connectivity index is 3.21. The summed E-state index contributed by atoms with van der Waals surface area (Å²) < 4.78 is 26.2. The average Bonchev–Trinajstić information content (AvgIpc) is 2.18. The van der Waals surface area contributed by atoms with Gasteiger partial charge >= 0.3 is 0 Å². The summed E-state index contributed by atoms with van der Waals surface area (Å²) in [6.07, 6.45) is 3.32. The molecule has 0 amide bonds. The summed E-state index contributed by atoms with van der Waals surface area (Å²) in [6, 6.07) is 2.36. The molecule has 1 aromatic rings. The molecule has 0 saturated heterocycles. The largest absolute Gasteiger partial charge is 0.298 e. The Kier molecular flexibility index (Phi) is 3.95. The van der Waals surface area contributed by atoms with Crippen molar-refractivity contribution in [2.24, 2.45) is 0 Å². The molecule has 0 saturated carbocycles. The first-order chi connectivity index (χ1) is 6.70. The fourth-order valence-electron chi connectivity index (χ4n) is 0.994. The number of carbonyl (C=O) groups excluding carboxylic acids is 1. The van der Waals surface area contributed by atoms with E-state index in [1.54, 1.807) is 6.08 Å². The van der Waals surface area contributed by atoms with E-state index < -0.39 is 17.2 Å². The van der Waals surface area contributed by atoms with Crippen molar-refractivity contribution in [3.8, 4) is 0 Å². The lowest BCUT2D eigenvalue weighted by atomic mass is 10.1. The van der Waals surface area contributed by atoms with Crippen LogP contribution in [0.25, 0.3) is 6.08 Å². The monoisotopic (exact) mass is 260 g/mol. The number of rotatable bonds is 3. The summed E-state index contributed by atoms with van der Waals surface area (Å²) in [5.74, 6) is -1.66. The fraction of sp³-hybridized carbons (Fsp3) is 0.100. The van der Waals surface area contributed by atoms with Crippen LogP contribution >= 0.6 is 15.9 Å². The van der Waals surface area contributed by atoms with Gasteiger partial charge in [0.25, 0.3) is 0 Å². The Morgan fingerprint density at radius 3 is 2.64 bits per heavy atom. The number of allylic oxidation sites excluding steroid dienone is 1. The van der Waals surface area contributed by atoms with Gasteiger partial charge in [-0.2, -0.15) is 0 Å². The third-order valence-electron chi connectivity index (χ3n) is 1.66. The minimum absolute atomic E-state index is 0.177. The molecule has 0 aliphatic rings. The lowest BCUT2D eigenvalue weighted by Gasteiger charge is -2.00. The molecule has 14 heavy (non-hydrogen) atoms. The summed E-state index contributed by atoms with van der Waals surface area (Å²) in [6.45, 7) is 0. The summed E-state index contributed by atoms with van der Waals surface area (Å²) in [5, 5.41) is 0.570. The molecule has 74 valence electrons. The average molecular weight is 261 g/mol. The number of aldehydes is 1. The first kappa shape index (κ1) is 11.0. The number of carbonyl (C=O) groups is 1. The highest BCUT2D eigenvalue weighted by Crippen LogP contribution is 2.16. The molecule has 4 heteroatoms. The van der Waals surface area contributed by atoms with Crippen molar-refractivity contribution < 1.29 is 13.6 Å². The van der Waals surface area contributed by atoms with Gasteiger partial charge in [-0.3, -0.25) is 4.79 Å². The second-order valence-electron chi connectivity index (χ2n) is 2.54. The van der Waals surface area contributed by atoms with E-state index in [2.05, 4.69) is 15.9 Å². The zero-order valence-corrected chi connectivity index (χ0v) is 8.72. The zero-order valence-electron chi connectivity index (χ0n) is 7.14. The Labute approximate surface area is 88.6 Å². The third-order valence-corrected chi connectivity index (χ3v) is 2.03. The second-order valence-corrected chi connectivity index (χ2v) is 3.19. The quantitative estimate of drug-likeness (QED) is 0.603. The first-order valence-corrected chi connectivity index (χ1v) is 4.98. The lowest BCUT2D eigenvalue weighted by molar-refractivity contribution is 0.111. The van der Waals surface area contributed by atoms with Crippen LogP contribution in [0.1, 0.15) is 15.9 Å². The van der Waals surface area contributed by atoms with Crippen molar-refractivity contribution in [3.05, 3.63) is 41.0 Å². The van der Waals surface area contributed by atoms with Gasteiger partial charge in [-0.1, -0.05) is 28.1 Å². The second kappa shape index (κ2) is 5.00. The molecule has 0 atom stereocenters. The summed E-state index contributed by atoms with van der Waals surface area (Å²) in [5.41, 5.74) is -0.324. The smallest absolute Gasteiger partial charge is 0.155 e. The molecule has 0 radical (unpaired) electrons. The first-order valence-electron chi connectivity index (χ1n) is 3.86. The van der Waals surface area contributed by atoms with Crippen LogP contribution in [0.5, 0.6) is 0 Å². The van der Waals surface area contributed by atoms with Gasteiger partial charge in [0.2, 0.25) is 0 Å². The highest BCUT2D eigenvalue weighted by atomic mass is 79.9. The SMILES string of the molecule is O=Cc1c(F)ccc(C=CCBr)c1F. The van der Waals surface area contributed by atoms with E-state index in [0.717, 1.165) is 6.07 Å². The molecule has 1 rings (SSSR count). The molecule has 0 fully saturated rings. The molecule has 0 N–H and O–H groups in total. The minimum atomic E-state index is -0.839. The van der Waals surface area contributed by atoms with Gasteiger partial charge in [0.05, 0.1) is 5.56 Å². The molecule has 0 heterocycles. The molecule has 0 bridgehead atoms. The van der Waals surface area contributed by atoms with Crippen molar-refractivity contribution in [2.45, 2.75) is 0 Å². The molecule has 0 aliphatic heterocycles. The number of halogens is 3. The normalized spacial score (nSPS) is 10.8. The van der Waals surface area contributed by atoms with Crippen LogP contribution in [0.15, 0.2) is 18.2 Å². The number of alkyl halides is 1. The van der Waals surface area contributed by atoms with Gasteiger partial charge in [0.15, 0.2) is 6.29 Å². The van der Waals surface area contributed by atoms with Crippen molar-refractivity contribution >= 4 is 28.3 Å². The molecule has 1 aromatic carbocycles. The van der Waals surface area contributed by atoms with Crippen molar-refractivity contribution in [1.82, 2.24) is 0 Å². The maximum atomic E-state index is 13.3. The number of benzene rings is 1. The summed E-state index contributed by atoms with van der Waals surface area (Å²) in [4.78, 5) is 10.4. The number of hydrogen-bond donors (Lipinski definition) is 0. The van der Waals surface area contributed by atoms with Crippen molar-refractivity contribution in [2.75, 3.05) is 5.33 Å². The van der Waals surface area contributed by atoms with E-state index in [1.807, 2.05) is 0 Å². The molecular formula is C10H7BrF2O. The summed E-state index contributed by atoms with van der Waals surface area (Å²) >= 11 is 3.13. The Morgan fingerprint density at radius 2 is 2.07 bits per heavy atom. The molecule has 1 nitrogen and oxygen atoms in total. The van der Waals surface area contributed by atoms with Gasteiger partial charge in [0.1, 0.15) is 11.6 Å². The van der Waals surface area contributed by atoms with E-state index in [4.69, 9.17) is 0 Å². The van der Waals surface area contributed by atoms with E-state index in [1.165, 1.54) is 12.1 Å².